The van der Waals surface area contributed by atoms with Crippen molar-refractivity contribution in [3.8, 4) is 0 Å². The van der Waals surface area contributed by atoms with Crippen LogP contribution in [0.4, 0.5) is 5.69 Å². The minimum atomic E-state index is -0.703. The van der Waals surface area contributed by atoms with E-state index in [1.165, 1.54) is 10.9 Å². The maximum absolute atomic E-state index is 12.1. The zero-order valence-electron chi connectivity index (χ0n) is 11.5. The van der Waals surface area contributed by atoms with E-state index >= 15 is 0 Å². The molecule has 106 valence electrons. The lowest BCUT2D eigenvalue weighted by Gasteiger charge is -2.27. The second-order valence-electron chi connectivity index (χ2n) is 5.06. The van der Waals surface area contributed by atoms with Crippen LogP contribution in [0.15, 0.2) is 11.1 Å². The molecule has 1 heterocycles. The van der Waals surface area contributed by atoms with Gasteiger partial charge in [0.25, 0.3) is 5.56 Å². The number of nitrogens with two attached hydrogens (primary N) is 1. The Labute approximate surface area is 117 Å². The molecule has 6 nitrogen and oxygen atoms in total. The van der Waals surface area contributed by atoms with Gasteiger partial charge in [0.2, 0.25) is 5.91 Å². The number of carbonyl (C=O) groups excluding carboxylic acids is 1. The van der Waals surface area contributed by atoms with Gasteiger partial charge in [0.15, 0.2) is 5.15 Å². The molecule has 0 aliphatic carbocycles. The van der Waals surface area contributed by atoms with Gasteiger partial charge in [-0.15, -0.1) is 0 Å². The number of hydrogen-bond acceptors (Lipinski definition) is 4. The van der Waals surface area contributed by atoms with E-state index in [0.29, 0.717) is 0 Å². The molecular formula is C12H19ClN4O2. The van der Waals surface area contributed by atoms with Gasteiger partial charge in [0.1, 0.15) is 18.1 Å². The van der Waals surface area contributed by atoms with Gasteiger partial charge in [0.05, 0.1) is 0 Å². The molecule has 1 aromatic heterocycles. The topological polar surface area (TPSA) is 90.0 Å². The average molecular weight is 287 g/mol. The summed E-state index contributed by atoms with van der Waals surface area (Å²) in [6.45, 7) is 7.40. The highest BCUT2D eigenvalue weighted by Gasteiger charge is 2.24. The Morgan fingerprint density at radius 2 is 2.21 bits per heavy atom. The van der Waals surface area contributed by atoms with Gasteiger partial charge in [-0.05, 0) is 27.2 Å². The Hall–Kier alpha value is -1.56. The molecule has 19 heavy (non-hydrogen) atoms. The number of nitrogens with zero attached hydrogens (tertiary/aromatic N) is 2. The van der Waals surface area contributed by atoms with Crippen molar-refractivity contribution in [2.75, 3.05) is 5.73 Å². The maximum Gasteiger partial charge on any atom is 0.278 e. The first-order chi connectivity index (χ1) is 8.69. The fourth-order valence-corrected chi connectivity index (χ4v) is 1.52. The third kappa shape index (κ3) is 3.47. The third-order valence-electron chi connectivity index (χ3n) is 3.12. The Morgan fingerprint density at radius 1 is 1.63 bits per heavy atom. The number of halogens is 1. The van der Waals surface area contributed by atoms with Crippen LogP contribution in [-0.2, 0) is 4.79 Å². The molecule has 1 aromatic rings. The summed E-state index contributed by atoms with van der Waals surface area (Å²) in [7, 11) is 0. The van der Waals surface area contributed by atoms with Crippen LogP contribution < -0.4 is 16.6 Å². The van der Waals surface area contributed by atoms with Crippen molar-refractivity contribution >= 4 is 23.2 Å². The zero-order chi connectivity index (χ0) is 14.8. The normalized spacial score (nSPS) is 13.1. The van der Waals surface area contributed by atoms with E-state index in [1.807, 2.05) is 20.8 Å². The second-order valence-corrected chi connectivity index (χ2v) is 5.42. The van der Waals surface area contributed by atoms with Crippen LogP contribution in [-0.4, -0.2) is 21.0 Å². The molecule has 0 spiro atoms. The van der Waals surface area contributed by atoms with Crippen LogP contribution in [0.25, 0.3) is 0 Å². The van der Waals surface area contributed by atoms with Crippen molar-refractivity contribution < 1.29 is 4.79 Å². The average Bonchev–Trinajstić information content (AvgIpc) is 2.35. The van der Waals surface area contributed by atoms with Crippen molar-refractivity contribution in [2.45, 2.75) is 45.7 Å². The van der Waals surface area contributed by atoms with E-state index in [4.69, 9.17) is 17.3 Å². The number of carbonyl (C=O) groups is 1. The fourth-order valence-electron chi connectivity index (χ4n) is 1.39. The van der Waals surface area contributed by atoms with Gasteiger partial charge in [-0.2, -0.15) is 0 Å². The lowest BCUT2D eigenvalue weighted by molar-refractivity contribution is -0.125. The van der Waals surface area contributed by atoms with E-state index in [0.717, 1.165) is 6.42 Å². The van der Waals surface area contributed by atoms with Crippen molar-refractivity contribution in [3.05, 3.63) is 21.8 Å². The number of aromatic nitrogens is 2. The van der Waals surface area contributed by atoms with Gasteiger partial charge in [-0.3, -0.25) is 14.2 Å². The molecule has 0 saturated carbocycles. The van der Waals surface area contributed by atoms with Crippen molar-refractivity contribution in [1.82, 2.24) is 14.9 Å². The smallest absolute Gasteiger partial charge is 0.278 e. The van der Waals surface area contributed by atoms with Crippen LogP contribution in [0.1, 0.15) is 40.2 Å². The number of rotatable bonds is 4. The monoisotopic (exact) mass is 286 g/mol. The minimum Gasteiger partial charge on any atom is -0.392 e. The Kier molecular flexibility index (Phi) is 4.57. The molecule has 0 fully saturated rings. The van der Waals surface area contributed by atoms with Crippen LogP contribution in [0.2, 0.25) is 5.15 Å². The van der Waals surface area contributed by atoms with E-state index in [1.54, 1.807) is 6.92 Å². The highest BCUT2D eigenvalue weighted by atomic mass is 35.5. The summed E-state index contributed by atoms with van der Waals surface area (Å²) in [5, 5.41) is 2.81. The summed E-state index contributed by atoms with van der Waals surface area (Å²) >= 11 is 5.65. The van der Waals surface area contributed by atoms with Crippen molar-refractivity contribution in [3.63, 3.8) is 0 Å². The van der Waals surface area contributed by atoms with E-state index in [9.17, 15) is 9.59 Å². The number of hydrogen-bond donors (Lipinski definition) is 2. The first kappa shape index (κ1) is 15.5. The summed E-state index contributed by atoms with van der Waals surface area (Å²) in [5.74, 6) is -0.266. The number of amides is 1. The van der Waals surface area contributed by atoms with E-state index < -0.39 is 11.6 Å². The SMILES string of the molecule is CCC(C)(C)NC(=O)C(C)n1cnc(Cl)c(N)c1=O. The first-order valence-corrected chi connectivity index (χ1v) is 6.41. The van der Waals surface area contributed by atoms with Crippen LogP contribution in [0.3, 0.4) is 0 Å². The molecular weight excluding hydrogens is 268 g/mol. The molecule has 0 radical (unpaired) electrons. The molecule has 1 unspecified atom stereocenters. The third-order valence-corrected chi connectivity index (χ3v) is 3.43. The second kappa shape index (κ2) is 5.61. The van der Waals surface area contributed by atoms with Crippen LogP contribution in [0, 0.1) is 0 Å². The predicted molar refractivity (Wildman–Crippen MR) is 75.1 cm³/mol. The molecule has 1 rings (SSSR count). The van der Waals surface area contributed by atoms with Gasteiger partial charge >= 0.3 is 0 Å². The number of anilines is 1. The lowest BCUT2D eigenvalue weighted by Crippen LogP contribution is -2.47. The Balaban J connectivity index is 3.02. The molecule has 1 atom stereocenters. The molecule has 0 saturated heterocycles. The standard InChI is InChI=1S/C12H19ClN4O2/c1-5-12(3,4)16-10(18)7(2)17-6-15-9(13)8(14)11(17)19/h6-7H,5,14H2,1-4H3,(H,16,18). The molecule has 0 aromatic carbocycles. The molecule has 1 amide bonds. The summed E-state index contributed by atoms with van der Waals surface area (Å²) in [6, 6.07) is -0.703. The Morgan fingerprint density at radius 3 is 2.74 bits per heavy atom. The van der Waals surface area contributed by atoms with Gasteiger partial charge < -0.3 is 11.1 Å². The largest absolute Gasteiger partial charge is 0.392 e. The molecule has 0 bridgehead atoms. The van der Waals surface area contributed by atoms with E-state index in [-0.39, 0.29) is 22.3 Å². The summed E-state index contributed by atoms with van der Waals surface area (Å²) < 4.78 is 1.17. The van der Waals surface area contributed by atoms with E-state index in [2.05, 4.69) is 10.3 Å². The maximum atomic E-state index is 12.1. The van der Waals surface area contributed by atoms with Gasteiger partial charge in [-0.1, -0.05) is 18.5 Å². The quantitative estimate of drug-likeness (QED) is 0.818. The lowest BCUT2D eigenvalue weighted by atomic mass is 10.0. The highest BCUT2D eigenvalue weighted by molar-refractivity contribution is 6.31. The van der Waals surface area contributed by atoms with Gasteiger partial charge in [-0.25, -0.2) is 4.98 Å². The Bertz CT molecular complexity index is 539. The first-order valence-electron chi connectivity index (χ1n) is 6.03. The number of nitrogen functional groups attached to an aromatic ring is 1. The predicted octanol–water partition coefficient (Wildman–Crippen LogP) is 1.34. The zero-order valence-corrected chi connectivity index (χ0v) is 12.3. The van der Waals surface area contributed by atoms with Crippen molar-refractivity contribution in [1.29, 1.82) is 0 Å². The molecule has 0 aliphatic rings. The highest BCUT2D eigenvalue weighted by Crippen LogP contribution is 2.13. The van der Waals surface area contributed by atoms with Crippen molar-refractivity contribution in [2.24, 2.45) is 0 Å². The van der Waals surface area contributed by atoms with Gasteiger partial charge in [0, 0.05) is 5.54 Å². The minimum absolute atomic E-state index is 0.0530. The summed E-state index contributed by atoms with van der Waals surface area (Å²) in [4.78, 5) is 27.8. The number of nitrogens with one attached hydrogen (secondary N) is 1. The summed E-state index contributed by atoms with van der Waals surface area (Å²) in [5.41, 5.74) is 4.51. The van der Waals surface area contributed by atoms with Crippen LogP contribution in [0.5, 0.6) is 0 Å². The summed E-state index contributed by atoms with van der Waals surface area (Å²) in [6.07, 6.45) is 2.01. The molecule has 3 N–H and O–H groups in total. The molecule has 0 aliphatic heterocycles. The fraction of sp³-hybridized carbons (Fsp3) is 0.583. The molecule has 7 heteroatoms. The van der Waals surface area contributed by atoms with Crippen LogP contribution >= 0.6 is 11.6 Å².